The zero-order valence-corrected chi connectivity index (χ0v) is 23.2. The number of benzene rings is 2. The number of aliphatic hydroxyl groups excluding tert-OH is 1. The fourth-order valence-electron chi connectivity index (χ4n) is 5.83. The molecule has 1 amide bonds. The van der Waals surface area contributed by atoms with Crippen LogP contribution in [0.25, 0.3) is 17.1 Å². The summed E-state index contributed by atoms with van der Waals surface area (Å²) in [5.41, 5.74) is 3.09. The molecule has 3 aromatic rings. The minimum Gasteiger partial charge on any atom is -0.396 e. The second-order valence-corrected chi connectivity index (χ2v) is 11.4. The van der Waals surface area contributed by atoms with E-state index in [0.717, 1.165) is 82.5 Å². The largest absolute Gasteiger partial charge is 0.396 e. The van der Waals surface area contributed by atoms with Crippen LogP contribution in [0.2, 0.25) is 10.0 Å². The first kappa shape index (κ1) is 27.2. The second kappa shape index (κ2) is 12.6. The van der Waals surface area contributed by atoms with Crippen molar-refractivity contribution >= 4 is 46.2 Å². The lowest BCUT2D eigenvalue weighted by molar-refractivity contribution is -0.127. The smallest absolute Gasteiger partial charge is 0.246 e. The van der Waals surface area contributed by atoms with E-state index in [9.17, 15) is 9.90 Å². The highest BCUT2D eigenvalue weighted by atomic mass is 35.5. The number of nitrogens with zero attached hydrogens (tertiary/aromatic N) is 4. The number of para-hydroxylation sites is 2. The number of likely N-dealkylation sites (tertiary alicyclic amines) is 2. The van der Waals surface area contributed by atoms with Crippen molar-refractivity contribution in [1.29, 1.82) is 0 Å². The van der Waals surface area contributed by atoms with Crippen LogP contribution in [-0.4, -0.2) is 69.7 Å². The summed E-state index contributed by atoms with van der Waals surface area (Å²) in [6.07, 6.45) is 8.50. The Morgan fingerprint density at radius 3 is 2.50 bits per heavy atom. The first-order valence-corrected chi connectivity index (χ1v) is 14.5. The van der Waals surface area contributed by atoms with Crippen LogP contribution < -0.4 is 0 Å². The number of imidazole rings is 1. The van der Waals surface area contributed by atoms with Crippen molar-refractivity contribution in [2.75, 3.05) is 39.3 Å². The Hall–Kier alpha value is -2.38. The molecule has 38 heavy (non-hydrogen) atoms. The van der Waals surface area contributed by atoms with Crippen LogP contribution in [0.1, 0.15) is 49.4 Å². The highest BCUT2D eigenvalue weighted by molar-refractivity contribution is 6.42. The average Bonchev–Trinajstić information content (AvgIpc) is 3.31. The van der Waals surface area contributed by atoms with E-state index in [0.29, 0.717) is 21.9 Å². The van der Waals surface area contributed by atoms with Gasteiger partial charge in [-0.25, -0.2) is 4.98 Å². The van der Waals surface area contributed by atoms with E-state index in [1.165, 1.54) is 11.3 Å². The Balaban J connectivity index is 1.10. The lowest BCUT2D eigenvalue weighted by atomic mass is 9.92. The molecule has 2 fully saturated rings. The number of amides is 1. The predicted octanol–water partition coefficient (Wildman–Crippen LogP) is 5.86. The van der Waals surface area contributed by atoms with Crippen LogP contribution >= 0.6 is 23.2 Å². The Kier molecular flexibility index (Phi) is 9.05. The number of hydrogen-bond acceptors (Lipinski definition) is 4. The van der Waals surface area contributed by atoms with Crippen LogP contribution in [0.5, 0.6) is 0 Å². The van der Waals surface area contributed by atoms with Crippen LogP contribution in [0.4, 0.5) is 0 Å². The molecule has 202 valence electrons. The van der Waals surface area contributed by atoms with Crippen molar-refractivity contribution in [3.63, 3.8) is 0 Å². The molecule has 5 rings (SSSR count). The molecule has 0 aliphatic carbocycles. The zero-order valence-electron chi connectivity index (χ0n) is 21.7. The van der Waals surface area contributed by atoms with Gasteiger partial charge in [-0.3, -0.25) is 4.79 Å². The molecule has 0 radical (unpaired) electrons. The summed E-state index contributed by atoms with van der Waals surface area (Å²) in [4.78, 5) is 22.3. The fraction of sp³-hybridized carbons (Fsp3) is 0.467. The summed E-state index contributed by atoms with van der Waals surface area (Å²) in [5, 5.41) is 10.4. The summed E-state index contributed by atoms with van der Waals surface area (Å²) < 4.78 is 2.33. The van der Waals surface area contributed by atoms with E-state index in [-0.39, 0.29) is 12.5 Å². The van der Waals surface area contributed by atoms with E-state index >= 15 is 0 Å². The SMILES string of the molecule is O=C(/C=C/c1ccc(Cl)c(Cl)c1)N1CCC(CN2CCC(c3nc4ccccc4n3CCCO)CC2)CC1. The van der Waals surface area contributed by atoms with Gasteiger partial charge < -0.3 is 19.5 Å². The van der Waals surface area contributed by atoms with Gasteiger partial charge in [-0.2, -0.15) is 0 Å². The van der Waals surface area contributed by atoms with Gasteiger partial charge in [0.1, 0.15) is 5.82 Å². The molecular formula is C30H36Cl2N4O2. The number of hydrogen-bond donors (Lipinski definition) is 1. The molecular weight excluding hydrogens is 519 g/mol. The monoisotopic (exact) mass is 554 g/mol. The van der Waals surface area contributed by atoms with Gasteiger partial charge in [0.15, 0.2) is 0 Å². The summed E-state index contributed by atoms with van der Waals surface area (Å²) >= 11 is 12.1. The first-order chi connectivity index (χ1) is 18.5. The van der Waals surface area contributed by atoms with Gasteiger partial charge >= 0.3 is 0 Å². The van der Waals surface area contributed by atoms with Crippen LogP contribution in [0, 0.1) is 5.92 Å². The van der Waals surface area contributed by atoms with Crippen LogP contribution in [-0.2, 0) is 11.3 Å². The summed E-state index contributed by atoms with van der Waals surface area (Å²) in [6, 6.07) is 13.7. The molecule has 2 aromatic carbocycles. The Morgan fingerprint density at radius 1 is 1.00 bits per heavy atom. The molecule has 1 aromatic heterocycles. The molecule has 3 heterocycles. The highest BCUT2D eigenvalue weighted by Gasteiger charge is 2.28. The summed E-state index contributed by atoms with van der Waals surface area (Å²) in [7, 11) is 0. The van der Waals surface area contributed by atoms with Crippen molar-refractivity contribution in [3.05, 3.63) is 70.0 Å². The number of aliphatic hydroxyl groups is 1. The number of aryl methyl sites for hydroxylation is 1. The van der Waals surface area contributed by atoms with Crippen LogP contribution in [0.3, 0.4) is 0 Å². The summed E-state index contributed by atoms with van der Waals surface area (Å²) in [6.45, 7) is 5.89. The van der Waals surface area contributed by atoms with Crippen molar-refractivity contribution < 1.29 is 9.90 Å². The normalized spacial score (nSPS) is 18.1. The molecule has 0 spiro atoms. The van der Waals surface area contributed by atoms with Gasteiger partial charge in [-0.05, 0) is 87.0 Å². The number of aromatic nitrogens is 2. The maximum atomic E-state index is 12.7. The van der Waals surface area contributed by atoms with Gasteiger partial charge in [0.25, 0.3) is 0 Å². The Bertz CT molecular complexity index is 1270. The van der Waals surface area contributed by atoms with Gasteiger partial charge in [-0.15, -0.1) is 0 Å². The molecule has 2 aliphatic heterocycles. The quantitative estimate of drug-likeness (QED) is 0.354. The number of carbonyl (C=O) groups is 1. The van der Waals surface area contributed by atoms with Crippen molar-refractivity contribution in [2.24, 2.45) is 5.92 Å². The van der Waals surface area contributed by atoms with E-state index in [1.54, 1.807) is 24.3 Å². The molecule has 8 heteroatoms. The minimum atomic E-state index is 0.0550. The Morgan fingerprint density at radius 2 is 1.76 bits per heavy atom. The number of carbonyl (C=O) groups excluding carboxylic acids is 1. The van der Waals surface area contributed by atoms with Crippen molar-refractivity contribution in [2.45, 2.75) is 44.6 Å². The molecule has 0 saturated carbocycles. The first-order valence-electron chi connectivity index (χ1n) is 13.7. The maximum absolute atomic E-state index is 12.7. The van der Waals surface area contributed by atoms with E-state index < -0.39 is 0 Å². The predicted molar refractivity (Wildman–Crippen MR) is 155 cm³/mol. The molecule has 1 N–H and O–H groups in total. The molecule has 6 nitrogen and oxygen atoms in total. The lowest BCUT2D eigenvalue weighted by Gasteiger charge is -2.37. The molecule has 0 atom stereocenters. The third kappa shape index (κ3) is 6.42. The number of rotatable bonds is 8. The average molecular weight is 556 g/mol. The second-order valence-electron chi connectivity index (χ2n) is 10.5. The van der Waals surface area contributed by atoms with E-state index in [1.807, 2.05) is 17.0 Å². The third-order valence-corrected chi connectivity index (χ3v) is 8.72. The zero-order chi connectivity index (χ0) is 26.5. The maximum Gasteiger partial charge on any atom is 0.246 e. The lowest BCUT2D eigenvalue weighted by Crippen LogP contribution is -2.42. The van der Waals surface area contributed by atoms with Gasteiger partial charge in [0.05, 0.1) is 21.1 Å². The topological polar surface area (TPSA) is 61.6 Å². The standard InChI is InChI=1S/C30H36Cl2N4O2/c31-25-8-6-22(20-26(25)32)7-9-29(38)35-17-10-23(11-18-35)21-34-15-12-24(13-16-34)30-33-27-4-1-2-5-28(27)36(30)14-3-19-37/h1-2,4-9,20,23-24,37H,3,10-19,21H2/b9-7+. The number of piperidine rings is 2. The molecule has 2 aliphatic rings. The Labute approximate surface area is 234 Å². The minimum absolute atomic E-state index is 0.0550. The number of fused-ring (bicyclic) bond motifs is 1. The fourth-order valence-corrected chi connectivity index (χ4v) is 6.14. The van der Waals surface area contributed by atoms with Gasteiger partial charge in [-0.1, -0.05) is 41.4 Å². The van der Waals surface area contributed by atoms with E-state index in [4.69, 9.17) is 28.2 Å². The third-order valence-electron chi connectivity index (χ3n) is 7.98. The van der Waals surface area contributed by atoms with Crippen molar-refractivity contribution in [1.82, 2.24) is 19.4 Å². The van der Waals surface area contributed by atoms with E-state index in [2.05, 4.69) is 27.7 Å². The molecule has 2 saturated heterocycles. The number of halogens is 2. The van der Waals surface area contributed by atoms with Gasteiger partial charge in [0.2, 0.25) is 5.91 Å². The van der Waals surface area contributed by atoms with Crippen molar-refractivity contribution in [3.8, 4) is 0 Å². The van der Waals surface area contributed by atoms with Crippen LogP contribution in [0.15, 0.2) is 48.5 Å². The van der Waals surface area contributed by atoms with Gasteiger partial charge in [0, 0.05) is 44.8 Å². The molecule has 0 bridgehead atoms. The summed E-state index contributed by atoms with van der Waals surface area (Å²) in [5.74, 6) is 2.32. The highest BCUT2D eigenvalue weighted by Crippen LogP contribution is 2.31. The molecule has 0 unspecified atom stereocenters.